The van der Waals surface area contributed by atoms with Gasteiger partial charge in [0.15, 0.2) is 0 Å². The second-order valence-electron chi connectivity index (χ2n) is 6.66. The van der Waals surface area contributed by atoms with Crippen molar-refractivity contribution < 1.29 is 19.4 Å². The standard InChI is InChI=1S/C15H23NO4/c1-2-14(4-3-5-14)12(17)16-8-11-9-20-7-6-15(11,10-16)13(18)19/h11H,2-10H2,1H3,(H,18,19)/t11-,15+/m0/s1. The van der Waals surface area contributed by atoms with E-state index in [1.54, 1.807) is 0 Å². The van der Waals surface area contributed by atoms with E-state index in [2.05, 4.69) is 6.92 Å². The minimum atomic E-state index is -0.771. The van der Waals surface area contributed by atoms with Gasteiger partial charge in [0, 0.05) is 31.0 Å². The average molecular weight is 281 g/mol. The summed E-state index contributed by atoms with van der Waals surface area (Å²) in [7, 11) is 0. The predicted octanol–water partition coefficient (Wildman–Crippen LogP) is 1.52. The van der Waals surface area contributed by atoms with Crippen molar-refractivity contribution in [1.82, 2.24) is 4.90 Å². The number of amides is 1. The number of carboxylic acids is 1. The Balaban J connectivity index is 1.80. The van der Waals surface area contributed by atoms with Gasteiger partial charge in [-0.05, 0) is 25.7 Å². The minimum Gasteiger partial charge on any atom is -0.481 e. The number of nitrogens with zero attached hydrogens (tertiary/aromatic N) is 1. The Kier molecular flexibility index (Phi) is 3.27. The van der Waals surface area contributed by atoms with Crippen molar-refractivity contribution in [3.05, 3.63) is 0 Å². The molecule has 5 heteroatoms. The number of rotatable bonds is 3. The van der Waals surface area contributed by atoms with Gasteiger partial charge in [-0.25, -0.2) is 0 Å². The lowest BCUT2D eigenvalue weighted by Crippen LogP contribution is -2.48. The highest BCUT2D eigenvalue weighted by Crippen LogP contribution is 2.49. The van der Waals surface area contributed by atoms with E-state index in [0.717, 1.165) is 25.7 Å². The number of likely N-dealkylation sites (tertiary alicyclic amines) is 1. The zero-order valence-electron chi connectivity index (χ0n) is 12.1. The van der Waals surface area contributed by atoms with Crippen LogP contribution in [0.1, 0.15) is 39.0 Å². The smallest absolute Gasteiger partial charge is 0.311 e. The van der Waals surface area contributed by atoms with Gasteiger partial charge in [-0.3, -0.25) is 9.59 Å². The molecule has 0 radical (unpaired) electrons. The lowest BCUT2D eigenvalue weighted by Gasteiger charge is -2.42. The van der Waals surface area contributed by atoms with Crippen molar-refractivity contribution in [1.29, 1.82) is 0 Å². The van der Waals surface area contributed by atoms with E-state index in [9.17, 15) is 14.7 Å². The Labute approximate surface area is 119 Å². The number of carbonyl (C=O) groups excluding carboxylic acids is 1. The third-order valence-electron chi connectivity index (χ3n) is 5.86. The third-order valence-corrected chi connectivity index (χ3v) is 5.86. The lowest BCUT2D eigenvalue weighted by atomic mass is 9.66. The van der Waals surface area contributed by atoms with Crippen LogP contribution in [0, 0.1) is 16.7 Å². The predicted molar refractivity (Wildman–Crippen MR) is 72.1 cm³/mol. The summed E-state index contributed by atoms with van der Waals surface area (Å²) in [5.74, 6) is -0.631. The third kappa shape index (κ3) is 1.79. The Morgan fingerprint density at radius 3 is 2.60 bits per heavy atom. The molecule has 3 fully saturated rings. The quantitative estimate of drug-likeness (QED) is 0.851. The molecule has 1 N–H and O–H groups in total. The van der Waals surface area contributed by atoms with E-state index in [1.807, 2.05) is 4.90 Å². The molecule has 1 amide bonds. The molecule has 2 heterocycles. The Hall–Kier alpha value is -1.10. The molecule has 5 nitrogen and oxygen atoms in total. The summed E-state index contributed by atoms with van der Waals surface area (Å²) < 4.78 is 5.44. The van der Waals surface area contributed by atoms with Crippen molar-refractivity contribution in [2.45, 2.75) is 39.0 Å². The number of hydrogen-bond acceptors (Lipinski definition) is 3. The number of carbonyl (C=O) groups is 2. The van der Waals surface area contributed by atoms with Gasteiger partial charge in [0.05, 0.1) is 12.0 Å². The molecule has 0 bridgehead atoms. The summed E-state index contributed by atoms with van der Waals surface area (Å²) in [5, 5.41) is 9.64. The van der Waals surface area contributed by atoms with Crippen LogP contribution in [-0.4, -0.2) is 48.2 Å². The van der Waals surface area contributed by atoms with E-state index in [1.165, 1.54) is 0 Å². The van der Waals surface area contributed by atoms with Crippen LogP contribution in [0.5, 0.6) is 0 Å². The Morgan fingerprint density at radius 1 is 1.35 bits per heavy atom. The summed E-state index contributed by atoms with van der Waals surface area (Å²) in [5.41, 5.74) is -0.972. The maximum absolute atomic E-state index is 12.8. The fourth-order valence-electron chi connectivity index (χ4n) is 4.11. The van der Waals surface area contributed by atoms with Crippen molar-refractivity contribution >= 4 is 11.9 Å². The SMILES string of the molecule is CCC1(C(=O)N2C[C@H]3COCC[C@@]3(C(=O)O)C2)CCC1. The summed E-state index contributed by atoms with van der Waals surface area (Å²) in [6.07, 6.45) is 4.42. The number of ether oxygens (including phenoxy) is 1. The van der Waals surface area contributed by atoms with E-state index in [-0.39, 0.29) is 17.2 Å². The molecule has 1 saturated carbocycles. The zero-order chi connectivity index (χ0) is 14.4. The molecule has 0 aromatic heterocycles. The van der Waals surface area contributed by atoms with Gasteiger partial charge in [0.25, 0.3) is 0 Å². The average Bonchev–Trinajstić information content (AvgIpc) is 2.78. The number of hydrogen-bond donors (Lipinski definition) is 1. The molecule has 2 atom stereocenters. The summed E-state index contributed by atoms with van der Waals surface area (Å²) in [4.78, 5) is 26.3. The van der Waals surface area contributed by atoms with Gasteiger partial charge in [-0.15, -0.1) is 0 Å². The molecule has 0 aromatic rings. The highest BCUT2D eigenvalue weighted by atomic mass is 16.5. The minimum absolute atomic E-state index is 0.0494. The maximum Gasteiger partial charge on any atom is 0.311 e. The first-order valence-corrected chi connectivity index (χ1v) is 7.65. The molecule has 0 unspecified atom stereocenters. The van der Waals surface area contributed by atoms with E-state index < -0.39 is 11.4 Å². The molecule has 0 spiro atoms. The fraction of sp³-hybridized carbons (Fsp3) is 0.867. The van der Waals surface area contributed by atoms with Crippen molar-refractivity contribution in [3.8, 4) is 0 Å². The van der Waals surface area contributed by atoms with Crippen LogP contribution in [-0.2, 0) is 14.3 Å². The van der Waals surface area contributed by atoms with Gasteiger partial charge >= 0.3 is 5.97 Å². The monoisotopic (exact) mass is 281 g/mol. The first kappa shape index (κ1) is 13.9. The van der Waals surface area contributed by atoms with Gasteiger partial charge in [-0.1, -0.05) is 13.3 Å². The highest BCUT2D eigenvalue weighted by molar-refractivity contribution is 5.86. The van der Waals surface area contributed by atoms with Gasteiger partial charge < -0.3 is 14.7 Å². The number of carboxylic acid groups (broad SMARTS) is 1. The Morgan fingerprint density at radius 2 is 2.10 bits per heavy atom. The molecule has 2 aliphatic heterocycles. The van der Waals surface area contributed by atoms with Crippen molar-refractivity contribution in [3.63, 3.8) is 0 Å². The summed E-state index contributed by atoms with van der Waals surface area (Å²) in [6.45, 7) is 3.94. The number of fused-ring (bicyclic) bond motifs is 1. The van der Waals surface area contributed by atoms with E-state index in [0.29, 0.717) is 32.7 Å². The molecule has 2 saturated heterocycles. The normalized spacial score (nSPS) is 35.2. The highest BCUT2D eigenvalue weighted by Gasteiger charge is 2.57. The molecule has 20 heavy (non-hydrogen) atoms. The molecule has 1 aliphatic carbocycles. The first-order chi connectivity index (χ1) is 9.54. The molecule has 0 aromatic carbocycles. The van der Waals surface area contributed by atoms with Gasteiger partial charge in [0.2, 0.25) is 5.91 Å². The maximum atomic E-state index is 12.8. The van der Waals surface area contributed by atoms with Crippen LogP contribution < -0.4 is 0 Å². The molecular weight excluding hydrogens is 258 g/mol. The largest absolute Gasteiger partial charge is 0.481 e. The topological polar surface area (TPSA) is 66.8 Å². The second kappa shape index (κ2) is 4.72. The van der Waals surface area contributed by atoms with Crippen LogP contribution >= 0.6 is 0 Å². The molecule has 3 rings (SSSR count). The van der Waals surface area contributed by atoms with Crippen molar-refractivity contribution in [2.24, 2.45) is 16.7 Å². The number of aliphatic carboxylic acids is 1. The second-order valence-corrected chi connectivity index (χ2v) is 6.66. The fourth-order valence-corrected chi connectivity index (χ4v) is 4.11. The van der Waals surface area contributed by atoms with Crippen LogP contribution in [0.4, 0.5) is 0 Å². The molecule has 112 valence electrons. The Bertz CT molecular complexity index is 426. The summed E-state index contributed by atoms with van der Waals surface area (Å²) in [6, 6.07) is 0. The van der Waals surface area contributed by atoms with E-state index in [4.69, 9.17) is 4.74 Å². The van der Waals surface area contributed by atoms with Crippen LogP contribution in [0.2, 0.25) is 0 Å². The molecular formula is C15H23NO4. The lowest BCUT2D eigenvalue weighted by molar-refractivity contribution is -0.158. The summed E-state index contributed by atoms with van der Waals surface area (Å²) >= 11 is 0. The van der Waals surface area contributed by atoms with Crippen LogP contribution in [0.25, 0.3) is 0 Å². The van der Waals surface area contributed by atoms with Gasteiger partial charge in [-0.2, -0.15) is 0 Å². The van der Waals surface area contributed by atoms with Gasteiger partial charge in [0.1, 0.15) is 0 Å². The van der Waals surface area contributed by atoms with E-state index >= 15 is 0 Å². The first-order valence-electron chi connectivity index (χ1n) is 7.65. The van der Waals surface area contributed by atoms with Crippen LogP contribution in [0.3, 0.4) is 0 Å². The molecule has 3 aliphatic rings. The zero-order valence-corrected chi connectivity index (χ0v) is 12.1. The van der Waals surface area contributed by atoms with Crippen LogP contribution in [0.15, 0.2) is 0 Å². The van der Waals surface area contributed by atoms with Crippen molar-refractivity contribution in [2.75, 3.05) is 26.3 Å².